The summed E-state index contributed by atoms with van der Waals surface area (Å²) in [4.78, 5) is 34.3. The van der Waals surface area contributed by atoms with Crippen LogP contribution >= 0.6 is 0 Å². The van der Waals surface area contributed by atoms with Gasteiger partial charge in [0, 0.05) is 32.0 Å². The summed E-state index contributed by atoms with van der Waals surface area (Å²) in [6.07, 6.45) is 6.57. The smallest absolute Gasteiger partial charge is 0.260 e. The highest BCUT2D eigenvalue weighted by Gasteiger charge is 2.48. The van der Waals surface area contributed by atoms with Crippen LogP contribution in [0.4, 0.5) is 0 Å². The Hall–Kier alpha value is -2.48. The van der Waals surface area contributed by atoms with Crippen molar-refractivity contribution in [2.45, 2.75) is 32.2 Å². The molecule has 2 aromatic rings. The van der Waals surface area contributed by atoms with Gasteiger partial charge in [-0.05, 0) is 32.3 Å². The van der Waals surface area contributed by atoms with Gasteiger partial charge in [-0.15, -0.1) is 0 Å². The van der Waals surface area contributed by atoms with Gasteiger partial charge in [0.05, 0.1) is 19.4 Å². The van der Waals surface area contributed by atoms with Gasteiger partial charge in [0.15, 0.2) is 5.65 Å². The van der Waals surface area contributed by atoms with Crippen LogP contribution in [0.25, 0.3) is 5.65 Å². The highest BCUT2D eigenvalue weighted by atomic mass is 16.5. The number of amides is 2. The van der Waals surface area contributed by atoms with Gasteiger partial charge in [-0.2, -0.15) is 5.10 Å². The third kappa shape index (κ3) is 2.65. The third-order valence-electron chi connectivity index (χ3n) is 5.36. The van der Waals surface area contributed by atoms with E-state index in [9.17, 15) is 9.59 Å². The molecule has 4 rings (SSSR count). The summed E-state index contributed by atoms with van der Waals surface area (Å²) in [5, 5.41) is 4.25. The zero-order valence-corrected chi connectivity index (χ0v) is 15.1. The van der Waals surface area contributed by atoms with E-state index in [4.69, 9.17) is 4.74 Å². The number of aromatic nitrogens is 3. The van der Waals surface area contributed by atoms with Gasteiger partial charge >= 0.3 is 0 Å². The standard InChI is InChI=1S/C18H23N5O3/c1-13-10-19-15-14(11-20-23(15)12-13)16(24)22-5-3-4-18(22,2)17(25)21-6-8-26-9-7-21/h10-12H,3-9H2,1-2H3/t18-/m0/s1. The molecule has 0 radical (unpaired) electrons. The summed E-state index contributed by atoms with van der Waals surface area (Å²) in [5.74, 6) is -0.176. The van der Waals surface area contributed by atoms with Crippen LogP contribution in [0.5, 0.6) is 0 Å². The molecule has 0 saturated carbocycles. The zero-order valence-electron chi connectivity index (χ0n) is 15.1. The lowest BCUT2D eigenvalue weighted by Gasteiger charge is -2.39. The summed E-state index contributed by atoms with van der Waals surface area (Å²) >= 11 is 0. The Kier molecular flexibility index (Phi) is 4.14. The Morgan fingerprint density at radius 1 is 1.19 bits per heavy atom. The fourth-order valence-electron chi connectivity index (χ4n) is 3.88. The van der Waals surface area contributed by atoms with Gasteiger partial charge in [0.25, 0.3) is 5.91 Å². The molecule has 2 aromatic heterocycles. The van der Waals surface area contributed by atoms with E-state index >= 15 is 0 Å². The highest BCUT2D eigenvalue weighted by molar-refractivity contribution is 6.03. The van der Waals surface area contributed by atoms with E-state index in [2.05, 4.69) is 10.1 Å². The van der Waals surface area contributed by atoms with Crippen molar-refractivity contribution >= 4 is 17.5 Å². The molecule has 0 aliphatic carbocycles. The zero-order chi connectivity index (χ0) is 18.3. The average molecular weight is 357 g/mol. The molecule has 2 saturated heterocycles. The van der Waals surface area contributed by atoms with Gasteiger partial charge in [-0.3, -0.25) is 9.59 Å². The number of likely N-dealkylation sites (tertiary alicyclic amines) is 1. The molecule has 138 valence electrons. The summed E-state index contributed by atoms with van der Waals surface area (Å²) < 4.78 is 6.95. The first kappa shape index (κ1) is 17.0. The molecule has 0 unspecified atom stereocenters. The molecule has 8 heteroatoms. The Labute approximate surface area is 151 Å². The van der Waals surface area contributed by atoms with Crippen LogP contribution in [0.3, 0.4) is 0 Å². The number of carbonyl (C=O) groups excluding carboxylic acids is 2. The normalized spacial score (nSPS) is 23.6. The minimum absolute atomic E-state index is 0.00641. The lowest BCUT2D eigenvalue weighted by atomic mass is 9.96. The van der Waals surface area contributed by atoms with Crippen molar-refractivity contribution < 1.29 is 14.3 Å². The predicted octanol–water partition coefficient (Wildman–Crippen LogP) is 0.891. The van der Waals surface area contributed by atoms with Crippen molar-refractivity contribution in [3.05, 3.63) is 29.7 Å². The minimum Gasteiger partial charge on any atom is -0.378 e. The molecule has 8 nitrogen and oxygen atoms in total. The lowest BCUT2D eigenvalue weighted by molar-refractivity contribution is -0.144. The number of carbonyl (C=O) groups is 2. The number of rotatable bonds is 2. The van der Waals surface area contributed by atoms with E-state index in [0.717, 1.165) is 12.0 Å². The van der Waals surface area contributed by atoms with Crippen molar-refractivity contribution in [2.24, 2.45) is 0 Å². The molecule has 26 heavy (non-hydrogen) atoms. The number of morpholine rings is 1. The summed E-state index contributed by atoms with van der Waals surface area (Å²) in [6.45, 7) is 6.61. The predicted molar refractivity (Wildman–Crippen MR) is 93.8 cm³/mol. The van der Waals surface area contributed by atoms with Crippen molar-refractivity contribution in [1.29, 1.82) is 0 Å². The topological polar surface area (TPSA) is 80.0 Å². The Morgan fingerprint density at radius 2 is 1.96 bits per heavy atom. The highest BCUT2D eigenvalue weighted by Crippen LogP contribution is 2.33. The number of aryl methyl sites for hydroxylation is 1. The van der Waals surface area contributed by atoms with Crippen LogP contribution in [-0.4, -0.2) is 74.6 Å². The Balaban J connectivity index is 1.64. The quantitative estimate of drug-likeness (QED) is 0.797. The maximum Gasteiger partial charge on any atom is 0.260 e. The van der Waals surface area contributed by atoms with Gasteiger partial charge in [0.1, 0.15) is 11.1 Å². The molecule has 0 bridgehead atoms. The molecule has 0 aromatic carbocycles. The van der Waals surface area contributed by atoms with E-state index in [-0.39, 0.29) is 11.8 Å². The number of hydrogen-bond acceptors (Lipinski definition) is 5. The first-order valence-electron chi connectivity index (χ1n) is 9.00. The van der Waals surface area contributed by atoms with Gasteiger partial charge < -0.3 is 14.5 Å². The summed E-state index contributed by atoms with van der Waals surface area (Å²) in [7, 11) is 0. The molecule has 2 aliphatic rings. The average Bonchev–Trinajstić information content (AvgIpc) is 3.25. The second-order valence-electron chi connectivity index (χ2n) is 7.20. The summed E-state index contributed by atoms with van der Waals surface area (Å²) in [6, 6.07) is 0. The SMILES string of the molecule is Cc1cnc2c(C(=O)N3CCC[C@@]3(C)C(=O)N3CCOCC3)cnn2c1. The largest absolute Gasteiger partial charge is 0.378 e. The molecular formula is C18H23N5O3. The maximum atomic E-state index is 13.2. The minimum atomic E-state index is -0.826. The second-order valence-corrected chi connectivity index (χ2v) is 7.20. The first-order valence-corrected chi connectivity index (χ1v) is 9.00. The van der Waals surface area contributed by atoms with Crippen molar-refractivity contribution in [3.8, 4) is 0 Å². The van der Waals surface area contributed by atoms with Crippen LogP contribution in [0.15, 0.2) is 18.6 Å². The van der Waals surface area contributed by atoms with Gasteiger partial charge in [-0.1, -0.05) is 0 Å². The fraction of sp³-hybridized carbons (Fsp3) is 0.556. The number of nitrogens with zero attached hydrogens (tertiary/aromatic N) is 5. The van der Waals surface area contributed by atoms with Crippen molar-refractivity contribution in [2.75, 3.05) is 32.8 Å². The molecule has 4 heterocycles. The van der Waals surface area contributed by atoms with Crippen LogP contribution in [0, 0.1) is 6.92 Å². The molecule has 0 N–H and O–H groups in total. The fourth-order valence-corrected chi connectivity index (χ4v) is 3.88. The molecular weight excluding hydrogens is 334 g/mol. The van der Waals surface area contributed by atoms with E-state index in [0.29, 0.717) is 50.5 Å². The van der Waals surface area contributed by atoms with Crippen LogP contribution < -0.4 is 0 Å². The van der Waals surface area contributed by atoms with Crippen LogP contribution in [0.1, 0.15) is 35.7 Å². The van der Waals surface area contributed by atoms with Crippen LogP contribution in [0.2, 0.25) is 0 Å². The molecule has 2 aliphatic heterocycles. The van der Waals surface area contributed by atoms with Gasteiger partial charge in [-0.25, -0.2) is 9.50 Å². The Morgan fingerprint density at radius 3 is 2.73 bits per heavy atom. The molecule has 2 fully saturated rings. The summed E-state index contributed by atoms with van der Waals surface area (Å²) in [5.41, 5.74) is 1.10. The lowest BCUT2D eigenvalue weighted by Crippen LogP contribution is -2.58. The number of hydrogen-bond donors (Lipinski definition) is 0. The maximum absolute atomic E-state index is 13.2. The molecule has 1 atom stereocenters. The van der Waals surface area contributed by atoms with Crippen LogP contribution in [-0.2, 0) is 9.53 Å². The second kappa shape index (κ2) is 6.35. The van der Waals surface area contributed by atoms with E-state index in [1.807, 2.05) is 24.9 Å². The Bertz CT molecular complexity index is 858. The van der Waals surface area contributed by atoms with Crippen molar-refractivity contribution in [1.82, 2.24) is 24.4 Å². The third-order valence-corrected chi connectivity index (χ3v) is 5.36. The van der Waals surface area contributed by atoms with Crippen molar-refractivity contribution in [3.63, 3.8) is 0 Å². The monoisotopic (exact) mass is 357 g/mol. The van der Waals surface area contributed by atoms with E-state index in [1.54, 1.807) is 21.8 Å². The molecule has 0 spiro atoms. The van der Waals surface area contributed by atoms with E-state index < -0.39 is 5.54 Å². The molecule has 2 amide bonds. The van der Waals surface area contributed by atoms with Gasteiger partial charge in [0.2, 0.25) is 5.91 Å². The first-order chi connectivity index (χ1) is 12.5. The van der Waals surface area contributed by atoms with E-state index in [1.165, 1.54) is 0 Å². The number of fused-ring (bicyclic) bond motifs is 1. The number of ether oxygens (including phenoxy) is 1.